The highest BCUT2D eigenvalue weighted by Crippen LogP contribution is 2.20. The molecule has 0 saturated carbocycles. The predicted molar refractivity (Wildman–Crippen MR) is 86.5 cm³/mol. The van der Waals surface area contributed by atoms with E-state index in [1.165, 1.54) is 17.7 Å². The van der Waals surface area contributed by atoms with Crippen LogP contribution in [0.2, 0.25) is 5.02 Å². The van der Waals surface area contributed by atoms with Crippen LogP contribution in [0.15, 0.2) is 48.5 Å². The summed E-state index contributed by atoms with van der Waals surface area (Å²) in [6.45, 7) is 2.37. The highest BCUT2D eigenvalue weighted by atomic mass is 35.5. The van der Waals surface area contributed by atoms with E-state index in [0.717, 1.165) is 12.0 Å². The minimum absolute atomic E-state index is 0.0515. The zero-order valence-electron chi connectivity index (χ0n) is 12.3. The summed E-state index contributed by atoms with van der Waals surface area (Å²) in [6, 6.07) is 13.8. The molecule has 2 amide bonds. The van der Waals surface area contributed by atoms with Crippen molar-refractivity contribution in [2.75, 3.05) is 6.54 Å². The fourth-order valence-corrected chi connectivity index (χ4v) is 2.27. The number of amides is 2. The van der Waals surface area contributed by atoms with Gasteiger partial charge in [0.05, 0.1) is 11.1 Å². The number of halogens is 2. The molecule has 3 nitrogen and oxygen atoms in total. The molecule has 0 heterocycles. The highest BCUT2D eigenvalue weighted by Gasteiger charge is 2.11. The molecule has 0 radical (unpaired) electrons. The molecule has 5 heteroatoms. The van der Waals surface area contributed by atoms with Crippen LogP contribution < -0.4 is 10.6 Å². The van der Waals surface area contributed by atoms with Gasteiger partial charge >= 0.3 is 6.03 Å². The Bertz CT molecular complexity index is 634. The van der Waals surface area contributed by atoms with Crippen LogP contribution >= 0.6 is 11.6 Å². The number of nitrogens with one attached hydrogen (secondary N) is 2. The van der Waals surface area contributed by atoms with E-state index in [1.54, 1.807) is 6.07 Å². The second-order valence-corrected chi connectivity index (χ2v) is 5.44. The molecule has 2 aromatic carbocycles. The molecule has 2 rings (SSSR count). The molecule has 0 aliphatic rings. The van der Waals surface area contributed by atoms with Gasteiger partial charge in [0.15, 0.2) is 0 Å². The molecule has 0 aliphatic carbocycles. The number of benzene rings is 2. The van der Waals surface area contributed by atoms with Gasteiger partial charge in [-0.25, -0.2) is 9.18 Å². The number of urea groups is 1. The van der Waals surface area contributed by atoms with Crippen molar-refractivity contribution in [1.82, 2.24) is 10.6 Å². The van der Waals surface area contributed by atoms with Gasteiger partial charge in [-0.05, 0) is 36.6 Å². The molecule has 0 unspecified atom stereocenters. The Hall–Kier alpha value is -2.07. The first-order valence-corrected chi connectivity index (χ1v) is 7.47. The summed E-state index contributed by atoms with van der Waals surface area (Å²) in [7, 11) is 0. The molecule has 1 atom stereocenters. The molecule has 0 bridgehead atoms. The summed E-state index contributed by atoms with van der Waals surface area (Å²) in [4.78, 5) is 11.8. The maximum absolute atomic E-state index is 13.1. The summed E-state index contributed by atoms with van der Waals surface area (Å²) in [5.74, 6) is -0.468. The van der Waals surface area contributed by atoms with Gasteiger partial charge in [-0.2, -0.15) is 0 Å². The Labute approximate surface area is 134 Å². The number of carbonyl (C=O) groups excluding carboxylic acids is 1. The van der Waals surface area contributed by atoms with Crippen LogP contribution in [0.4, 0.5) is 9.18 Å². The van der Waals surface area contributed by atoms with Gasteiger partial charge in [0.2, 0.25) is 0 Å². The molecular formula is C17H18ClFN2O. The van der Waals surface area contributed by atoms with Crippen LogP contribution in [0, 0.1) is 5.82 Å². The summed E-state index contributed by atoms with van der Waals surface area (Å²) in [5.41, 5.74) is 1.92. The molecule has 0 saturated heterocycles. The number of hydrogen-bond acceptors (Lipinski definition) is 1. The molecule has 0 fully saturated rings. The molecule has 22 heavy (non-hydrogen) atoms. The van der Waals surface area contributed by atoms with E-state index < -0.39 is 5.82 Å². The zero-order valence-corrected chi connectivity index (χ0v) is 13.0. The van der Waals surface area contributed by atoms with Gasteiger partial charge in [0, 0.05) is 6.54 Å². The van der Waals surface area contributed by atoms with Crippen molar-refractivity contribution >= 4 is 17.6 Å². The third kappa shape index (κ3) is 4.74. The Morgan fingerprint density at radius 2 is 1.95 bits per heavy atom. The first-order valence-electron chi connectivity index (χ1n) is 7.09. The number of rotatable bonds is 5. The molecule has 0 aliphatic heterocycles. The SMILES string of the molecule is C[C@H](NC(=O)NCCc1ccccc1)c1ccc(F)c(Cl)c1. The Morgan fingerprint density at radius 3 is 2.64 bits per heavy atom. The monoisotopic (exact) mass is 320 g/mol. The second kappa shape index (κ2) is 7.80. The molecule has 2 aromatic rings. The summed E-state index contributed by atoms with van der Waals surface area (Å²) >= 11 is 5.74. The number of carbonyl (C=O) groups is 1. The van der Waals surface area contributed by atoms with E-state index in [2.05, 4.69) is 10.6 Å². The second-order valence-electron chi connectivity index (χ2n) is 5.03. The van der Waals surface area contributed by atoms with Crippen LogP contribution in [0.5, 0.6) is 0 Å². The van der Waals surface area contributed by atoms with E-state index in [9.17, 15) is 9.18 Å². The van der Waals surface area contributed by atoms with Gasteiger partial charge in [-0.1, -0.05) is 48.0 Å². The molecule has 0 spiro atoms. The van der Waals surface area contributed by atoms with Crippen LogP contribution in [-0.4, -0.2) is 12.6 Å². The van der Waals surface area contributed by atoms with Gasteiger partial charge in [0.25, 0.3) is 0 Å². The lowest BCUT2D eigenvalue weighted by Gasteiger charge is -2.15. The minimum atomic E-state index is -0.468. The fourth-order valence-electron chi connectivity index (χ4n) is 2.08. The third-order valence-corrected chi connectivity index (χ3v) is 3.62. The average Bonchev–Trinajstić information content (AvgIpc) is 2.51. The maximum Gasteiger partial charge on any atom is 0.315 e. The lowest BCUT2D eigenvalue weighted by atomic mass is 10.1. The van der Waals surface area contributed by atoms with Crippen LogP contribution in [0.1, 0.15) is 24.1 Å². The minimum Gasteiger partial charge on any atom is -0.338 e. The van der Waals surface area contributed by atoms with E-state index in [0.29, 0.717) is 6.54 Å². The maximum atomic E-state index is 13.1. The fraction of sp³-hybridized carbons (Fsp3) is 0.235. The number of hydrogen-bond donors (Lipinski definition) is 2. The van der Waals surface area contributed by atoms with Crippen molar-refractivity contribution in [3.8, 4) is 0 Å². The van der Waals surface area contributed by atoms with Crippen molar-refractivity contribution in [3.05, 3.63) is 70.5 Å². The quantitative estimate of drug-likeness (QED) is 0.856. The van der Waals surface area contributed by atoms with Gasteiger partial charge in [0.1, 0.15) is 5.82 Å². The van der Waals surface area contributed by atoms with Gasteiger partial charge in [-0.15, -0.1) is 0 Å². The van der Waals surface area contributed by atoms with Crippen LogP contribution in [-0.2, 0) is 6.42 Å². The Balaban J connectivity index is 1.80. The smallest absolute Gasteiger partial charge is 0.315 e. The molecular weight excluding hydrogens is 303 g/mol. The van der Waals surface area contributed by atoms with Crippen molar-refractivity contribution in [2.45, 2.75) is 19.4 Å². The van der Waals surface area contributed by atoms with E-state index in [1.807, 2.05) is 37.3 Å². The van der Waals surface area contributed by atoms with Crippen molar-refractivity contribution in [2.24, 2.45) is 0 Å². The molecule has 0 aromatic heterocycles. The normalized spacial score (nSPS) is 11.8. The van der Waals surface area contributed by atoms with Gasteiger partial charge < -0.3 is 10.6 Å². The lowest BCUT2D eigenvalue weighted by molar-refractivity contribution is 0.238. The Morgan fingerprint density at radius 1 is 1.23 bits per heavy atom. The molecule has 116 valence electrons. The first kappa shape index (κ1) is 16.3. The van der Waals surface area contributed by atoms with Crippen molar-refractivity contribution < 1.29 is 9.18 Å². The average molecular weight is 321 g/mol. The Kier molecular flexibility index (Phi) is 5.78. The molecule has 2 N–H and O–H groups in total. The van der Waals surface area contributed by atoms with Crippen LogP contribution in [0.3, 0.4) is 0 Å². The lowest BCUT2D eigenvalue weighted by Crippen LogP contribution is -2.38. The van der Waals surface area contributed by atoms with E-state index >= 15 is 0 Å². The van der Waals surface area contributed by atoms with Crippen LogP contribution in [0.25, 0.3) is 0 Å². The summed E-state index contributed by atoms with van der Waals surface area (Å²) < 4.78 is 13.1. The first-order chi connectivity index (χ1) is 10.6. The largest absolute Gasteiger partial charge is 0.338 e. The standard InChI is InChI=1S/C17H18ClFN2O/c1-12(14-7-8-16(19)15(18)11-14)21-17(22)20-10-9-13-5-3-2-4-6-13/h2-8,11-12H,9-10H2,1H3,(H2,20,21,22)/t12-/m0/s1. The van der Waals surface area contributed by atoms with E-state index in [-0.39, 0.29) is 17.1 Å². The summed E-state index contributed by atoms with van der Waals surface area (Å²) in [5, 5.41) is 5.65. The van der Waals surface area contributed by atoms with Gasteiger partial charge in [-0.3, -0.25) is 0 Å². The van der Waals surface area contributed by atoms with Crippen molar-refractivity contribution in [1.29, 1.82) is 0 Å². The van der Waals surface area contributed by atoms with Crippen molar-refractivity contribution in [3.63, 3.8) is 0 Å². The highest BCUT2D eigenvalue weighted by molar-refractivity contribution is 6.30. The van der Waals surface area contributed by atoms with E-state index in [4.69, 9.17) is 11.6 Å². The zero-order chi connectivity index (χ0) is 15.9. The third-order valence-electron chi connectivity index (χ3n) is 3.33. The predicted octanol–water partition coefficient (Wildman–Crippen LogP) is 4.08. The summed E-state index contributed by atoms with van der Waals surface area (Å²) in [6.07, 6.45) is 0.769. The topological polar surface area (TPSA) is 41.1 Å².